The van der Waals surface area contributed by atoms with E-state index in [1.807, 2.05) is 12.1 Å². The number of methoxy groups -OCH3 is 2. The lowest BCUT2D eigenvalue weighted by molar-refractivity contribution is -0.178. The van der Waals surface area contributed by atoms with Crippen LogP contribution in [0.15, 0.2) is 24.0 Å². The van der Waals surface area contributed by atoms with Crippen LogP contribution in [0.2, 0.25) is 0 Å². The lowest BCUT2D eigenvalue weighted by atomic mass is 9.77. The number of rotatable bonds is 9. The Balaban J connectivity index is 1.50. The van der Waals surface area contributed by atoms with Gasteiger partial charge in [0, 0.05) is 6.54 Å². The SMILES string of the molecule is COC(=O)C[C@](O)(CCCC(C)(C)O)C(=O)O[C@H]1C(OC)=C[C@@]23CCCN2CCc2cc4c(cc2[C@H]13)OCO4. The van der Waals surface area contributed by atoms with Gasteiger partial charge in [-0.15, -0.1) is 0 Å². The number of esters is 2. The van der Waals surface area contributed by atoms with Gasteiger partial charge in [0.25, 0.3) is 0 Å². The van der Waals surface area contributed by atoms with E-state index in [0.717, 1.165) is 43.5 Å². The van der Waals surface area contributed by atoms with Crippen LogP contribution in [0.1, 0.15) is 69.4 Å². The highest BCUT2D eigenvalue weighted by atomic mass is 16.7. The van der Waals surface area contributed by atoms with Gasteiger partial charge in [-0.05, 0) is 88.3 Å². The normalized spacial score (nSPS) is 27.0. The van der Waals surface area contributed by atoms with Crippen molar-refractivity contribution in [2.45, 2.75) is 87.6 Å². The first-order valence-electron chi connectivity index (χ1n) is 13.7. The molecular weight excluding hydrogens is 506 g/mol. The lowest BCUT2D eigenvalue weighted by Crippen LogP contribution is -2.49. The van der Waals surface area contributed by atoms with Gasteiger partial charge in [0.1, 0.15) is 5.76 Å². The first-order chi connectivity index (χ1) is 18.5. The minimum absolute atomic E-state index is 0.0686. The molecule has 1 aromatic carbocycles. The van der Waals surface area contributed by atoms with Gasteiger partial charge in [0.05, 0.1) is 37.7 Å². The Labute approximate surface area is 228 Å². The highest BCUT2D eigenvalue weighted by Crippen LogP contribution is 2.55. The van der Waals surface area contributed by atoms with Crippen molar-refractivity contribution < 1.29 is 43.5 Å². The third kappa shape index (κ3) is 5.10. The van der Waals surface area contributed by atoms with Gasteiger partial charge >= 0.3 is 11.9 Å². The van der Waals surface area contributed by atoms with Crippen molar-refractivity contribution in [3.8, 4) is 11.5 Å². The molecule has 0 amide bonds. The summed E-state index contributed by atoms with van der Waals surface area (Å²) < 4.78 is 28.1. The van der Waals surface area contributed by atoms with Crippen LogP contribution in [0.5, 0.6) is 11.5 Å². The van der Waals surface area contributed by atoms with E-state index in [2.05, 4.69) is 11.0 Å². The van der Waals surface area contributed by atoms with Crippen molar-refractivity contribution in [3.63, 3.8) is 0 Å². The van der Waals surface area contributed by atoms with E-state index in [1.54, 1.807) is 21.0 Å². The molecule has 1 saturated heterocycles. The first kappa shape index (κ1) is 27.7. The summed E-state index contributed by atoms with van der Waals surface area (Å²) in [6.45, 7) is 5.21. The monoisotopic (exact) mass is 545 g/mol. The number of nitrogens with zero attached hydrogens (tertiary/aromatic N) is 1. The quantitative estimate of drug-likeness (QED) is 0.448. The summed E-state index contributed by atoms with van der Waals surface area (Å²) in [6, 6.07) is 4.00. The minimum Gasteiger partial charge on any atom is -0.497 e. The average molecular weight is 546 g/mol. The van der Waals surface area contributed by atoms with Crippen LogP contribution in [0.25, 0.3) is 0 Å². The third-order valence-corrected chi connectivity index (χ3v) is 8.62. The molecule has 39 heavy (non-hydrogen) atoms. The van der Waals surface area contributed by atoms with Gasteiger partial charge in [0.2, 0.25) is 6.79 Å². The van der Waals surface area contributed by atoms with Crippen molar-refractivity contribution >= 4 is 11.9 Å². The zero-order valence-electron chi connectivity index (χ0n) is 23.2. The number of hydrogen-bond donors (Lipinski definition) is 2. The summed E-state index contributed by atoms with van der Waals surface area (Å²) >= 11 is 0. The fourth-order valence-corrected chi connectivity index (χ4v) is 6.71. The average Bonchev–Trinajstić information content (AvgIpc) is 3.56. The molecule has 5 rings (SSSR count). The van der Waals surface area contributed by atoms with Crippen LogP contribution < -0.4 is 9.47 Å². The second-order valence-electron chi connectivity index (χ2n) is 11.7. The smallest absolute Gasteiger partial charge is 0.339 e. The van der Waals surface area contributed by atoms with E-state index in [9.17, 15) is 19.8 Å². The maximum absolute atomic E-state index is 13.8. The Morgan fingerprint density at radius 1 is 1.13 bits per heavy atom. The highest BCUT2D eigenvalue weighted by Gasteiger charge is 2.59. The second-order valence-corrected chi connectivity index (χ2v) is 11.7. The van der Waals surface area contributed by atoms with Crippen LogP contribution in [-0.2, 0) is 30.2 Å². The van der Waals surface area contributed by atoms with E-state index in [-0.39, 0.29) is 19.1 Å². The molecule has 1 aliphatic carbocycles. The van der Waals surface area contributed by atoms with Gasteiger partial charge in [-0.3, -0.25) is 9.69 Å². The number of fused-ring (bicyclic) bond motifs is 3. The molecule has 3 aliphatic heterocycles. The largest absolute Gasteiger partial charge is 0.497 e. The summed E-state index contributed by atoms with van der Waals surface area (Å²) in [5.74, 6) is -0.0645. The molecule has 1 spiro atoms. The highest BCUT2D eigenvalue weighted by molar-refractivity contribution is 5.86. The molecule has 10 nitrogen and oxygen atoms in total. The van der Waals surface area contributed by atoms with E-state index >= 15 is 0 Å². The van der Waals surface area contributed by atoms with Crippen molar-refractivity contribution in [3.05, 3.63) is 35.1 Å². The molecule has 1 aromatic rings. The Morgan fingerprint density at radius 2 is 1.87 bits per heavy atom. The Kier molecular flexibility index (Phi) is 7.32. The number of aliphatic hydroxyl groups is 2. The summed E-state index contributed by atoms with van der Waals surface area (Å²) in [4.78, 5) is 28.4. The molecular formula is C29H39NO9. The number of carbonyl (C=O) groups is 2. The van der Waals surface area contributed by atoms with Crippen molar-refractivity contribution in [1.82, 2.24) is 4.90 Å². The summed E-state index contributed by atoms with van der Waals surface area (Å²) in [5.41, 5.74) is -1.42. The molecule has 1 fully saturated rings. The fourth-order valence-electron chi connectivity index (χ4n) is 6.71. The number of hydrogen-bond acceptors (Lipinski definition) is 10. The molecule has 0 unspecified atom stereocenters. The van der Waals surface area contributed by atoms with Crippen molar-refractivity contribution in [2.75, 3.05) is 34.1 Å². The van der Waals surface area contributed by atoms with Gasteiger partial charge in [0.15, 0.2) is 23.2 Å². The van der Waals surface area contributed by atoms with Crippen LogP contribution >= 0.6 is 0 Å². The zero-order valence-corrected chi connectivity index (χ0v) is 23.2. The second kappa shape index (κ2) is 10.3. The standard InChI is InChI=1S/C29H39NO9/c1-27(2,33)8-5-10-29(34,16-23(31)36-4)26(32)39-25-22(35-3)15-28-9-6-11-30(28)12-7-18-13-20-21(38-17-37-20)14-19(18)24(25)28/h13-15,24-25,33-34H,5-12,16-17H2,1-4H3/t24-,25+,28-,29-/m1/s1. The zero-order chi connectivity index (χ0) is 28.0. The van der Waals surface area contributed by atoms with E-state index in [1.165, 1.54) is 7.11 Å². The van der Waals surface area contributed by atoms with Crippen LogP contribution in [-0.4, -0.2) is 84.0 Å². The minimum atomic E-state index is -2.12. The van der Waals surface area contributed by atoms with E-state index < -0.39 is 41.2 Å². The molecule has 0 saturated carbocycles. The lowest BCUT2D eigenvalue weighted by Gasteiger charge is -2.39. The third-order valence-electron chi connectivity index (χ3n) is 8.62. The molecule has 10 heteroatoms. The molecule has 0 bridgehead atoms. The fraction of sp³-hybridized carbons (Fsp3) is 0.655. The predicted octanol–water partition coefficient (Wildman–Crippen LogP) is 2.58. The van der Waals surface area contributed by atoms with E-state index in [0.29, 0.717) is 30.1 Å². The molecule has 3 heterocycles. The van der Waals surface area contributed by atoms with Crippen molar-refractivity contribution in [2.24, 2.45) is 0 Å². The molecule has 4 atom stereocenters. The van der Waals surface area contributed by atoms with Gasteiger partial charge in [-0.25, -0.2) is 4.79 Å². The Morgan fingerprint density at radius 3 is 2.56 bits per heavy atom. The number of benzene rings is 1. The maximum Gasteiger partial charge on any atom is 0.339 e. The predicted molar refractivity (Wildman–Crippen MR) is 139 cm³/mol. The maximum atomic E-state index is 13.8. The van der Waals surface area contributed by atoms with Gasteiger partial charge < -0.3 is 33.9 Å². The Hall–Kier alpha value is -2.82. The number of ether oxygens (including phenoxy) is 5. The molecule has 2 N–H and O–H groups in total. The molecule has 0 radical (unpaired) electrons. The van der Waals surface area contributed by atoms with E-state index in [4.69, 9.17) is 23.7 Å². The van der Waals surface area contributed by atoms with Crippen LogP contribution in [0.4, 0.5) is 0 Å². The topological polar surface area (TPSA) is 124 Å². The Bertz CT molecular complexity index is 1160. The molecule has 4 aliphatic rings. The van der Waals surface area contributed by atoms with Crippen LogP contribution in [0.3, 0.4) is 0 Å². The van der Waals surface area contributed by atoms with Crippen molar-refractivity contribution in [1.29, 1.82) is 0 Å². The van der Waals surface area contributed by atoms with Crippen LogP contribution in [0, 0.1) is 0 Å². The van der Waals surface area contributed by atoms with Gasteiger partial charge in [-0.1, -0.05) is 0 Å². The summed E-state index contributed by atoms with van der Waals surface area (Å²) in [6.07, 6.45) is 3.94. The number of carbonyl (C=O) groups excluding carboxylic acids is 2. The van der Waals surface area contributed by atoms with Gasteiger partial charge in [-0.2, -0.15) is 0 Å². The summed E-state index contributed by atoms with van der Waals surface area (Å²) in [5, 5.41) is 21.6. The first-order valence-corrected chi connectivity index (χ1v) is 13.7. The molecule has 0 aromatic heterocycles. The molecule has 214 valence electrons. The summed E-state index contributed by atoms with van der Waals surface area (Å²) in [7, 11) is 2.76.